The molecule has 96 valence electrons. The summed E-state index contributed by atoms with van der Waals surface area (Å²) in [5.41, 5.74) is 0. The van der Waals surface area contributed by atoms with Crippen LogP contribution in [0.2, 0.25) is 0 Å². The molecule has 0 aliphatic rings. The molecule has 0 bridgehead atoms. The number of rotatable bonds is 4. The highest BCUT2D eigenvalue weighted by molar-refractivity contribution is 7.66. The van der Waals surface area contributed by atoms with E-state index in [1.165, 1.54) is 6.92 Å². The summed E-state index contributed by atoms with van der Waals surface area (Å²) in [6.45, 7) is 1.43. The maximum absolute atomic E-state index is 10.4. The Morgan fingerprint density at radius 2 is 1.12 bits per heavy atom. The molecule has 0 rings (SSSR count). The van der Waals surface area contributed by atoms with E-state index in [0.717, 1.165) is 0 Å². The third kappa shape index (κ3) is 16.3. The molecule has 0 aromatic rings. The topological polar surface area (TPSA) is 195 Å². The zero-order valence-electron chi connectivity index (χ0n) is 7.57. The largest absolute Gasteiger partial charge is 0.490 e. The summed E-state index contributed by atoms with van der Waals surface area (Å²) < 4.78 is 36.4. The molecule has 0 saturated heterocycles. The summed E-state index contributed by atoms with van der Waals surface area (Å²) in [7, 11) is -16.2. The van der Waals surface area contributed by atoms with Crippen LogP contribution in [0.5, 0.6) is 0 Å². The van der Waals surface area contributed by atoms with E-state index in [2.05, 4.69) is 8.62 Å². The van der Waals surface area contributed by atoms with Crippen LogP contribution >= 0.6 is 23.5 Å². The van der Waals surface area contributed by atoms with Crippen molar-refractivity contribution in [1.29, 1.82) is 5.26 Å². The van der Waals surface area contributed by atoms with Gasteiger partial charge in [0.25, 0.3) is 0 Å². The van der Waals surface area contributed by atoms with Gasteiger partial charge in [0.15, 0.2) is 0 Å². The van der Waals surface area contributed by atoms with E-state index in [-0.39, 0.29) is 0 Å². The van der Waals surface area contributed by atoms with Gasteiger partial charge in [0.1, 0.15) is 0 Å². The van der Waals surface area contributed by atoms with Gasteiger partial charge in [-0.3, -0.25) is 0 Å². The number of phosphoric acid groups is 3. The Morgan fingerprint density at radius 1 is 0.938 bits per heavy atom. The van der Waals surface area contributed by atoms with Crippen molar-refractivity contribution in [3.05, 3.63) is 0 Å². The summed E-state index contributed by atoms with van der Waals surface area (Å²) in [5, 5.41) is 7.32. The molecule has 11 nitrogen and oxygen atoms in total. The lowest BCUT2D eigenvalue weighted by atomic mass is 11.0. The molecule has 0 heterocycles. The van der Waals surface area contributed by atoms with Gasteiger partial charge >= 0.3 is 23.5 Å². The van der Waals surface area contributed by atoms with Crippen LogP contribution in [0.25, 0.3) is 0 Å². The molecule has 0 unspecified atom stereocenters. The van der Waals surface area contributed by atoms with Crippen molar-refractivity contribution in [3.63, 3.8) is 0 Å². The number of nitrogens with zero attached hydrogens (tertiary/aromatic N) is 1. The molecule has 0 fully saturated rings. The van der Waals surface area contributed by atoms with Gasteiger partial charge in [0, 0.05) is 6.92 Å². The zero-order valence-corrected chi connectivity index (χ0v) is 10.2. The van der Waals surface area contributed by atoms with Gasteiger partial charge in [-0.25, -0.2) is 13.7 Å². The highest BCUT2D eigenvalue weighted by Gasteiger charge is 2.38. The average Bonchev–Trinajstić information content (AvgIpc) is 1.73. The number of hydrogen-bond acceptors (Lipinski definition) is 6. The molecule has 0 aromatic carbocycles. The standard InChI is InChI=1S/C2H3N.H5O10P3/c1-2-3;1-11(2,3)9-13(7,8)10-12(4,5)6/h1H3;(H,7,8)(H2,1,2,3)(H2,4,5,6). The van der Waals surface area contributed by atoms with Crippen molar-refractivity contribution in [2.45, 2.75) is 6.92 Å². The molecule has 0 spiro atoms. The quantitative estimate of drug-likeness (QED) is 0.432. The second-order valence-electron chi connectivity index (χ2n) is 1.84. The molecule has 14 heteroatoms. The van der Waals surface area contributed by atoms with Gasteiger partial charge in [-0.2, -0.15) is 13.9 Å². The molecule has 0 radical (unpaired) electrons. The van der Waals surface area contributed by atoms with Crippen LogP contribution in [-0.4, -0.2) is 24.5 Å². The third-order valence-corrected chi connectivity index (χ3v) is 3.77. The lowest BCUT2D eigenvalue weighted by molar-refractivity contribution is 0.204. The molecule has 0 aliphatic carbocycles. The van der Waals surface area contributed by atoms with E-state index in [0.29, 0.717) is 0 Å². The van der Waals surface area contributed by atoms with E-state index < -0.39 is 23.5 Å². The van der Waals surface area contributed by atoms with Crippen LogP contribution in [0.4, 0.5) is 0 Å². The molecule has 0 atom stereocenters. The minimum Gasteiger partial charge on any atom is -0.302 e. The van der Waals surface area contributed by atoms with Crippen molar-refractivity contribution >= 4 is 23.5 Å². The minimum atomic E-state index is -5.46. The smallest absolute Gasteiger partial charge is 0.302 e. The van der Waals surface area contributed by atoms with E-state index in [1.54, 1.807) is 6.07 Å². The Bertz CT molecular complexity index is 355. The molecular formula is C2H8NO10P3. The maximum Gasteiger partial charge on any atom is 0.490 e. The second kappa shape index (κ2) is 6.59. The second-order valence-corrected chi connectivity index (χ2v) is 6.04. The Hall–Kier alpha value is -0.1000. The van der Waals surface area contributed by atoms with Crippen LogP contribution in [0, 0.1) is 11.3 Å². The lowest BCUT2D eigenvalue weighted by Crippen LogP contribution is -1.91. The number of nitriles is 1. The predicted octanol–water partition coefficient (Wildman–Crippen LogP) is -0.165. The van der Waals surface area contributed by atoms with Crippen LogP contribution in [0.15, 0.2) is 0 Å². The molecule has 0 aromatic heterocycles. The SMILES string of the molecule is CC#N.O=P(O)(O)OP(=O)(O)OP(=O)(O)O. The van der Waals surface area contributed by atoms with E-state index in [1.807, 2.05) is 0 Å². The van der Waals surface area contributed by atoms with Gasteiger partial charge in [-0.05, 0) is 0 Å². The van der Waals surface area contributed by atoms with Gasteiger partial charge < -0.3 is 24.5 Å². The van der Waals surface area contributed by atoms with Crippen LogP contribution in [0.3, 0.4) is 0 Å². The molecular weight excluding hydrogens is 291 g/mol. The summed E-state index contributed by atoms with van der Waals surface area (Å²) in [6.07, 6.45) is 0. The first-order chi connectivity index (χ1) is 6.83. The van der Waals surface area contributed by atoms with Gasteiger partial charge in [-0.15, -0.1) is 0 Å². The Labute approximate surface area is 89.3 Å². The molecule has 0 saturated carbocycles. The fraction of sp³-hybridized carbons (Fsp3) is 0.500. The van der Waals surface area contributed by atoms with Crippen molar-refractivity contribution in [3.8, 4) is 6.07 Å². The molecule has 5 N–H and O–H groups in total. The maximum atomic E-state index is 10.4. The van der Waals surface area contributed by atoms with E-state index in [9.17, 15) is 13.7 Å². The Balaban J connectivity index is 0. The third-order valence-electron chi connectivity index (χ3n) is 0.419. The Morgan fingerprint density at radius 3 is 1.25 bits per heavy atom. The van der Waals surface area contributed by atoms with E-state index in [4.69, 9.17) is 29.7 Å². The summed E-state index contributed by atoms with van der Waals surface area (Å²) in [4.78, 5) is 40.2. The van der Waals surface area contributed by atoms with Crippen LogP contribution < -0.4 is 0 Å². The van der Waals surface area contributed by atoms with Crippen molar-refractivity contribution in [2.75, 3.05) is 0 Å². The van der Waals surface area contributed by atoms with Crippen LogP contribution in [0.1, 0.15) is 6.92 Å². The predicted molar refractivity (Wildman–Crippen MR) is 47.4 cm³/mol. The molecule has 0 amide bonds. The monoisotopic (exact) mass is 299 g/mol. The fourth-order valence-electron chi connectivity index (χ4n) is 0.284. The first-order valence-electron chi connectivity index (χ1n) is 3.00. The summed E-state index contributed by atoms with van der Waals surface area (Å²) >= 11 is 0. The zero-order chi connectivity index (χ0) is 13.6. The molecule has 16 heavy (non-hydrogen) atoms. The average molecular weight is 299 g/mol. The van der Waals surface area contributed by atoms with Crippen LogP contribution in [-0.2, 0) is 22.3 Å². The first kappa shape index (κ1) is 18.3. The van der Waals surface area contributed by atoms with Gasteiger partial charge in [0.05, 0.1) is 6.07 Å². The van der Waals surface area contributed by atoms with Gasteiger partial charge in [0.2, 0.25) is 0 Å². The van der Waals surface area contributed by atoms with E-state index >= 15 is 0 Å². The number of hydrogen-bond donors (Lipinski definition) is 5. The summed E-state index contributed by atoms with van der Waals surface area (Å²) in [5.74, 6) is 0. The van der Waals surface area contributed by atoms with Crippen molar-refractivity contribution in [2.24, 2.45) is 0 Å². The first-order valence-corrected chi connectivity index (χ1v) is 7.56. The molecule has 0 aliphatic heterocycles. The van der Waals surface area contributed by atoms with Crippen molar-refractivity contribution < 1.29 is 46.8 Å². The lowest BCUT2D eigenvalue weighted by Gasteiger charge is -2.11. The minimum absolute atomic E-state index is 1.43. The fourth-order valence-corrected chi connectivity index (χ4v) is 2.82. The Kier molecular flexibility index (Phi) is 7.53. The normalized spacial score (nSPS) is 12.3. The highest BCUT2D eigenvalue weighted by Crippen LogP contribution is 2.64. The van der Waals surface area contributed by atoms with Gasteiger partial charge in [-0.1, -0.05) is 0 Å². The summed E-state index contributed by atoms with van der Waals surface area (Å²) in [6, 6.07) is 1.75. The highest BCUT2D eigenvalue weighted by atomic mass is 31.3. The van der Waals surface area contributed by atoms with Crippen molar-refractivity contribution in [1.82, 2.24) is 0 Å².